The van der Waals surface area contributed by atoms with Gasteiger partial charge in [-0.05, 0) is 36.6 Å². The summed E-state index contributed by atoms with van der Waals surface area (Å²) in [4.78, 5) is 15.3. The molecule has 1 aromatic heterocycles. The molecule has 4 heteroatoms. The smallest absolute Gasteiger partial charge is 0.220 e. The summed E-state index contributed by atoms with van der Waals surface area (Å²) in [6, 6.07) is 5.33. The van der Waals surface area contributed by atoms with Gasteiger partial charge in [0.2, 0.25) is 5.91 Å². The third kappa shape index (κ3) is 10.8. The zero-order chi connectivity index (χ0) is 22.2. The molecule has 0 bridgehead atoms. The van der Waals surface area contributed by atoms with E-state index in [-0.39, 0.29) is 11.7 Å². The topological polar surface area (TPSA) is 65.1 Å². The van der Waals surface area contributed by atoms with Crippen molar-refractivity contribution in [1.29, 1.82) is 0 Å². The molecule has 0 saturated heterocycles. The predicted octanol–water partition coefficient (Wildman–Crippen LogP) is 7.40. The lowest BCUT2D eigenvalue weighted by Gasteiger charge is -2.06. The van der Waals surface area contributed by atoms with Crippen LogP contribution in [0, 0.1) is 0 Å². The van der Waals surface area contributed by atoms with Crippen LogP contribution < -0.4 is 5.32 Å². The molecule has 0 aliphatic rings. The average molecular weight is 429 g/mol. The number of hydrogen-bond acceptors (Lipinski definition) is 2. The second-order valence-electron chi connectivity index (χ2n) is 8.99. The maximum absolute atomic E-state index is 12.0. The highest BCUT2D eigenvalue weighted by atomic mass is 16.3. The fraction of sp³-hybridized carbons (Fsp3) is 0.667. The summed E-state index contributed by atoms with van der Waals surface area (Å²) in [7, 11) is 0. The quantitative estimate of drug-likeness (QED) is 0.216. The molecule has 0 aliphatic heterocycles. The number of rotatable bonds is 18. The SMILES string of the molecule is CCCCCCCCCCCCCCCCC(=O)NCCc1c[nH]c2ccc(O)cc12. The van der Waals surface area contributed by atoms with Gasteiger partial charge in [-0.2, -0.15) is 0 Å². The highest BCUT2D eigenvalue weighted by Gasteiger charge is 2.06. The van der Waals surface area contributed by atoms with Crippen molar-refractivity contribution in [3.63, 3.8) is 0 Å². The van der Waals surface area contributed by atoms with Gasteiger partial charge in [-0.1, -0.05) is 90.4 Å². The van der Waals surface area contributed by atoms with Gasteiger partial charge >= 0.3 is 0 Å². The molecule has 1 amide bonds. The number of amides is 1. The zero-order valence-electron chi connectivity index (χ0n) is 19.7. The monoisotopic (exact) mass is 428 g/mol. The summed E-state index contributed by atoms with van der Waals surface area (Å²) in [5.41, 5.74) is 2.14. The Morgan fingerprint density at radius 2 is 1.45 bits per heavy atom. The lowest BCUT2D eigenvalue weighted by Crippen LogP contribution is -2.25. The maximum atomic E-state index is 12.0. The van der Waals surface area contributed by atoms with Crippen molar-refractivity contribution in [2.45, 2.75) is 110 Å². The number of H-pyrrole nitrogens is 1. The standard InChI is InChI=1S/C27H44N2O2/c1-2-3-4-5-6-7-8-9-10-11-12-13-14-15-16-27(31)28-20-19-23-22-29-26-18-17-24(30)21-25(23)26/h17-18,21-22,29-30H,2-16,19-20H2,1H3,(H,28,31). The lowest BCUT2D eigenvalue weighted by atomic mass is 10.0. The molecule has 3 N–H and O–H groups in total. The van der Waals surface area contributed by atoms with Crippen LogP contribution in [0.3, 0.4) is 0 Å². The number of hydrogen-bond donors (Lipinski definition) is 3. The molecule has 0 fully saturated rings. The van der Waals surface area contributed by atoms with Crippen LogP contribution in [-0.4, -0.2) is 22.5 Å². The molecule has 0 radical (unpaired) electrons. The first kappa shape index (κ1) is 25.3. The van der Waals surface area contributed by atoms with Crippen LogP contribution in [0.1, 0.15) is 109 Å². The largest absolute Gasteiger partial charge is 0.508 e. The third-order valence-electron chi connectivity index (χ3n) is 6.22. The van der Waals surface area contributed by atoms with Crippen molar-refractivity contribution in [2.75, 3.05) is 6.54 Å². The van der Waals surface area contributed by atoms with Crippen LogP contribution in [0.4, 0.5) is 0 Å². The number of carbonyl (C=O) groups is 1. The van der Waals surface area contributed by atoms with Crippen LogP contribution in [-0.2, 0) is 11.2 Å². The Hall–Kier alpha value is -1.97. The second kappa shape index (κ2) is 15.8. The Kier molecular flexibility index (Phi) is 12.9. The number of aromatic hydroxyl groups is 1. The number of benzene rings is 1. The van der Waals surface area contributed by atoms with E-state index in [1.807, 2.05) is 12.3 Å². The fourth-order valence-corrected chi connectivity index (χ4v) is 4.28. The van der Waals surface area contributed by atoms with Gasteiger partial charge in [0.25, 0.3) is 0 Å². The van der Waals surface area contributed by atoms with E-state index in [1.54, 1.807) is 12.1 Å². The zero-order valence-corrected chi connectivity index (χ0v) is 19.7. The van der Waals surface area contributed by atoms with Crippen LogP contribution in [0.5, 0.6) is 5.75 Å². The minimum atomic E-state index is 0.154. The number of phenols is 1. The first-order valence-corrected chi connectivity index (χ1v) is 12.8. The Bertz CT molecular complexity index is 738. The van der Waals surface area contributed by atoms with Crippen LogP contribution in [0.25, 0.3) is 10.9 Å². The first-order chi connectivity index (χ1) is 15.2. The Morgan fingerprint density at radius 3 is 2.06 bits per heavy atom. The minimum Gasteiger partial charge on any atom is -0.508 e. The number of aromatic amines is 1. The Labute approximate surface area is 189 Å². The van der Waals surface area contributed by atoms with E-state index >= 15 is 0 Å². The molecule has 0 atom stereocenters. The molecule has 4 nitrogen and oxygen atoms in total. The fourth-order valence-electron chi connectivity index (χ4n) is 4.28. The van der Waals surface area contributed by atoms with E-state index in [0.717, 1.165) is 35.7 Å². The average Bonchev–Trinajstić information content (AvgIpc) is 3.16. The number of unbranched alkanes of at least 4 members (excludes halogenated alkanes) is 13. The summed E-state index contributed by atoms with van der Waals surface area (Å²) in [6.07, 6.45) is 22.0. The van der Waals surface area contributed by atoms with Crippen molar-refractivity contribution in [3.8, 4) is 5.75 Å². The van der Waals surface area contributed by atoms with Crippen LogP contribution in [0.2, 0.25) is 0 Å². The molecule has 31 heavy (non-hydrogen) atoms. The minimum absolute atomic E-state index is 0.154. The first-order valence-electron chi connectivity index (χ1n) is 12.8. The summed E-state index contributed by atoms with van der Waals surface area (Å²) in [6.45, 7) is 2.91. The molecular weight excluding hydrogens is 384 g/mol. The highest BCUT2D eigenvalue weighted by molar-refractivity contribution is 5.84. The van der Waals surface area contributed by atoms with E-state index in [0.29, 0.717) is 13.0 Å². The summed E-state index contributed by atoms with van der Waals surface area (Å²) in [5.74, 6) is 0.428. The molecule has 174 valence electrons. The lowest BCUT2D eigenvalue weighted by molar-refractivity contribution is -0.121. The van der Waals surface area contributed by atoms with E-state index in [2.05, 4.69) is 17.2 Å². The van der Waals surface area contributed by atoms with Gasteiger partial charge in [0.05, 0.1) is 0 Å². The molecule has 0 spiro atoms. The Morgan fingerprint density at radius 1 is 0.871 bits per heavy atom. The number of phenolic OH excluding ortho intramolecular Hbond substituents is 1. The normalized spacial score (nSPS) is 11.3. The molecule has 1 aromatic carbocycles. The van der Waals surface area contributed by atoms with Gasteiger partial charge in [-0.3, -0.25) is 4.79 Å². The van der Waals surface area contributed by atoms with E-state index in [4.69, 9.17) is 0 Å². The second-order valence-corrected chi connectivity index (χ2v) is 8.99. The van der Waals surface area contributed by atoms with Crippen molar-refractivity contribution >= 4 is 16.8 Å². The summed E-state index contributed by atoms with van der Waals surface area (Å²) < 4.78 is 0. The summed E-state index contributed by atoms with van der Waals surface area (Å²) in [5, 5.41) is 13.7. The van der Waals surface area contributed by atoms with Gasteiger partial charge in [-0.15, -0.1) is 0 Å². The van der Waals surface area contributed by atoms with Gasteiger partial charge < -0.3 is 15.4 Å². The van der Waals surface area contributed by atoms with Crippen molar-refractivity contribution in [3.05, 3.63) is 30.0 Å². The molecule has 0 aliphatic carbocycles. The number of nitrogens with one attached hydrogen (secondary N) is 2. The number of fused-ring (bicyclic) bond motifs is 1. The van der Waals surface area contributed by atoms with Crippen LogP contribution >= 0.6 is 0 Å². The van der Waals surface area contributed by atoms with E-state index < -0.39 is 0 Å². The molecule has 2 aromatic rings. The van der Waals surface area contributed by atoms with E-state index in [9.17, 15) is 9.90 Å². The highest BCUT2D eigenvalue weighted by Crippen LogP contribution is 2.23. The number of aromatic nitrogens is 1. The van der Waals surface area contributed by atoms with Gasteiger partial charge in [0.1, 0.15) is 5.75 Å². The molecule has 1 heterocycles. The molecule has 0 unspecified atom stereocenters. The van der Waals surface area contributed by atoms with Crippen molar-refractivity contribution < 1.29 is 9.90 Å². The molecule has 2 rings (SSSR count). The molecular formula is C27H44N2O2. The third-order valence-corrected chi connectivity index (χ3v) is 6.22. The van der Waals surface area contributed by atoms with E-state index in [1.165, 1.54) is 77.0 Å². The van der Waals surface area contributed by atoms with Gasteiger partial charge in [-0.25, -0.2) is 0 Å². The van der Waals surface area contributed by atoms with Crippen LogP contribution in [0.15, 0.2) is 24.4 Å². The predicted molar refractivity (Wildman–Crippen MR) is 132 cm³/mol. The van der Waals surface area contributed by atoms with Crippen molar-refractivity contribution in [2.24, 2.45) is 0 Å². The van der Waals surface area contributed by atoms with Crippen molar-refractivity contribution in [1.82, 2.24) is 10.3 Å². The Balaban J connectivity index is 1.39. The summed E-state index contributed by atoms with van der Waals surface area (Å²) >= 11 is 0. The van der Waals surface area contributed by atoms with Gasteiger partial charge in [0, 0.05) is 30.1 Å². The van der Waals surface area contributed by atoms with Gasteiger partial charge in [0.15, 0.2) is 0 Å². The maximum Gasteiger partial charge on any atom is 0.220 e. The number of carbonyl (C=O) groups excluding carboxylic acids is 1. The molecule has 0 saturated carbocycles.